The summed E-state index contributed by atoms with van der Waals surface area (Å²) in [6.45, 7) is 8.46. The molecule has 0 spiro atoms. The predicted molar refractivity (Wildman–Crippen MR) is 91.6 cm³/mol. The summed E-state index contributed by atoms with van der Waals surface area (Å²) in [6.07, 6.45) is -0.158. The van der Waals surface area contributed by atoms with Crippen molar-refractivity contribution in [2.45, 2.75) is 65.5 Å². The van der Waals surface area contributed by atoms with E-state index in [1.165, 1.54) is 0 Å². The second-order valence-electron chi connectivity index (χ2n) is 6.88. The Morgan fingerprint density at radius 1 is 1.04 bits per heavy atom. The number of ether oxygens (including phenoxy) is 2. The van der Waals surface area contributed by atoms with E-state index in [0.29, 0.717) is 12.8 Å². The molecule has 26 heavy (non-hydrogen) atoms. The van der Waals surface area contributed by atoms with E-state index < -0.39 is 47.5 Å². The molecular weight excluding hydrogens is 346 g/mol. The van der Waals surface area contributed by atoms with Crippen molar-refractivity contribution < 1.29 is 38.9 Å². The van der Waals surface area contributed by atoms with Crippen LogP contribution >= 0.6 is 0 Å². The van der Waals surface area contributed by atoms with E-state index in [0.717, 1.165) is 0 Å². The van der Waals surface area contributed by atoms with Crippen molar-refractivity contribution in [2.24, 2.45) is 11.8 Å². The molecule has 1 amide bonds. The van der Waals surface area contributed by atoms with Crippen LogP contribution in [-0.4, -0.2) is 52.5 Å². The molecule has 9 heteroatoms. The number of nitrogens with one attached hydrogen (secondary N) is 1. The molecule has 9 nitrogen and oxygen atoms in total. The van der Waals surface area contributed by atoms with Crippen molar-refractivity contribution in [1.29, 1.82) is 0 Å². The molecule has 0 aliphatic rings. The summed E-state index contributed by atoms with van der Waals surface area (Å²) in [7, 11) is 0. The van der Waals surface area contributed by atoms with Crippen LogP contribution in [-0.2, 0) is 23.9 Å². The van der Waals surface area contributed by atoms with Gasteiger partial charge in [0.25, 0.3) is 0 Å². The topological polar surface area (TPSA) is 139 Å². The molecule has 0 heterocycles. The molecule has 0 radical (unpaired) electrons. The van der Waals surface area contributed by atoms with Crippen molar-refractivity contribution in [3.8, 4) is 0 Å². The molecule has 0 saturated heterocycles. The molecule has 0 aromatic rings. The van der Waals surface area contributed by atoms with Crippen LogP contribution in [0.1, 0.15) is 53.9 Å². The maximum atomic E-state index is 12.1. The summed E-state index contributed by atoms with van der Waals surface area (Å²) in [5.74, 6) is -6.44. The van der Waals surface area contributed by atoms with Crippen LogP contribution < -0.4 is 5.32 Å². The Labute approximate surface area is 153 Å². The van der Waals surface area contributed by atoms with Gasteiger partial charge >= 0.3 is 24.0 Å². The number of carboxylic acid groups (broad SMARTS) is 2. The molecule has 0 saturated carbocycles. The van der Waals surface area contributed by atoms with Gasteiger partial charge in [0, 0.05) is 0 Å². The SMILES string of the molecule is CCCC(C[C@H](NC(=O)OC(C)(C)C)C(C(=O)O)C(=O)O)C(=O)OCC. The van der Waals surface area contributed by atoms with Crippen molar-refractivity contribution >= 4 is 24.0 Å². The standard InChI is InChI=1S/C17H29NO8/c1-6-8-10(15(23)25-7-2)9-11(12(13(19)20)14(21)22)18-16(24)26-17(3,4)5/h10-12H,6-9H2,1-5H3,(H,18,24)(H,19,20)(H,21,22)/t10?,11-/m0/s1. The first kappa shape index (κ1) is 23.7. The molecule has 0 rings (SSSR count). The molecule has 0 aromatic heterocycles. The van der Waals surface area contributed by atoms with Gasteiger partial charge in [-0.25, -0.2) is 4.79 Å². The van der Waals surface area contributed by atoms with Gasteiger partial charge < -0.3 is 25.0 Å². The molecule has 1 unspecified atom stereocenters. The zero-order chi connectivity index (χ0) is 20.5. The van der Waals surface area contributed by atoms with Gasteiger partial charge in [-0.3, -0.25) is 14.4 Å². The minimum Gasteiger partial charge on any atom is -0.481 e. The van der Waals surface area contributed by atoms with Crippen LogP contribution in [0.3, 0.4) is 0 Å². The number of amides is 1. The predicted octanol–water partition coefficient (Wildman–Crippen LogP) is 2.03. The fourth-order valence-corrected chi connectivity index (χ4v) is 2.43. The van der Waals surface area contributed by atoms with E-state index in [1.807, 2.05) is 6.92 Å². The van der Waals surface area contributed by atoms with Crippen molar-refractivity contribution in [2.75, 3.05) is 6.61 Å². The molecule has 0 aromatic carbocycles. The summed E-state index contributed by atoms with van der Waals surface area (Å²) in [6, 6.07) is -1.33. The van der Waals surface area contributed by atoms with E-state index in [2.05, 4.69) is 5.32 Å². The number of esters is 1. The lowest BCUT2D eigenvalue weighted by molar-refractivity contribution is -0.158. The lowest BCUT2D eigenvalue weighted by Crippen LogP contribution is -2.49. The molecule has 3 N–H and O–H groups in total. The van der Waals surface area contributed by atoms with Crippen molar-refractivity contribution in [3.63, 3.8) is 0 Å². The largest absolute Gasteiger partial charge is 0.481 e. The first-order valence-electron chi connectivity index (χ1n) is 8.54. The fraction of sp³-hybridized carbons (Fsp3) is 0.765. The number of carbonyl (C=O) groups is 4. The van der Waals surface area contributed by atoms with Gasteiger partial charge in [-0.15, -0.1) is 0 Å². The van der Waals surface area contributed by atoms with Crippen LogP contribution in [0, 0.1) is 11.8 Å². The van der Waals surface area contributed by atoms with Gasteiger partial charge in [-0.2, -0.15) is 0 Å². The number of hydrogen-bond acceptors (Lipinski definition) is 6. The maximum Gasteiger partial charge on any atom is 0.407 e. The molecule has 0 aliphatic carbocycles. The summed E-state index contributed by atoms with van der Waals surface area (Å²) in [4.78, 5) is 46.9. The quantitative estimate of drug-likeness (QED) is 0.389. The summed E-state index contributed by atoms with van der Waals surface area (Å²) >= 11 is 0. The highest BCUT2D eigenvalue weighted by Crippen LogP contribution is 2.21. The highest BCUT2D eigenvalue weighted by molar-refractivity contribution is 5.94. The number of rotatable bonds is 10. The molecular formula is C17H29NO8. The smallest absolute Gasteiger partial charge is 0.407 e. The monoisotopic (exact) mass is 375 g/mol. The second-order valence-corrected chi connectivity index (χ2v) is 6.88. The Morgan fingerprint density at radius 2 is 1.58 bits per heavy atom. The molecule has 2 atom stereocenters. The van der Waals surface area contributed by atoms with E-state index in [4.69, 9.17) is 9.47 Å². The number of aliphatic carboxylic acids is 2. The van der Waals surface area contributed by atoms with Gasteiger partial charge in [0.1, 0.15) is 5.60 Å². The van der Waals surface area contributed by atoms with Gasteiger partial charge in [0.2, 0.25) is 0 Å². The summed E-state index contributed by atoms with van der Waals surface area (Å²) in [5, 5.41) is 20.8. The Balaban J connectivity index is 5.53. The first-order chi connectivity index (χ1) is 11.9. The number of carboxylic acids is 2. The van der Waals surface area contributed by atoms with Crippen LogP contribution in [0.2, 0.25) is 0 Å². The van der Waals surface area contributed by atoms with Crippen molar-refractivity contribution in [1.82, 2.24) is 5.32 Å². The van der Waals surface area contributed by atoms with Crippen LogP contribution in [0.5, 0.6) is 0 Å². The minimum absolute atomic E-state index is 0.143. The van der Waals surface area contributed by atoms with E-state index in [9.17, 15) is 29.4 Å². The minimum atomic E-state index is -1.92. The van der Waals surface area contributed by atoms with Crippen LogP contribution in [0.15, 0.2) is 0 Å². The highest BCUT2D eigenvalue weighted by atomic mass is 16.6. The van der Waals surface area contributed by atoms with Gasteiger partial charge in [0.15, 0.2) is 5.92 Å². The lowest BCUT2D eigenvalue weighted by atomic mass is 9.88. The molecule has 0 fully saturated rings. The Bertz CT molecular complexity index is 497. The fourth-order valence-electron chi connectivity index (χ4n) is 2.43. The van der Waals surface area contributed by atoms with Crippen LogP contribution in [0.25, 0.3) is 0 Å². The third-order valence-corrected chi connectivity index (χ3v) is 3.43. The zero-order valence-corrected chi connectivity index (χ0v) is 15.9. The van der Waals surface area contributed by atoms with E-state index >= 15 is 0 Å². The molecule has 0 bridgehead atoms. The molecule has 150 valence electrons. The van der Waals surface area contributed by atoms with E-state index in [1.54, 1.807) is 27.7 Å². The third-order valence-electron chi connectivity index (χ3n) is 3.43. The normalized spacial score (nSPS) is 13.6. The average Bonchev–Trinajstić information content (AvgIpc) is 2.43. The Kier molecular flexibility index (Phi) is 9.67. The number of carbonyl (C=O) groups excluding carboxylic acids is 2. The van der Waals surface area contributed by atoms with E-state index in [-0.39, 0.29) is 13.0 Å². The number of alkyl carbamates (subject to hydrolysis) is 1. The maximum absolute atomic E-state index is 12.1. The first-order valence-corrected chi connectivity index (χ1v) is 8.54. The summed E-state index contributed by atoms with van der Waals surface area (Å²) < 4.78 is 10.0. The van der Waals surface area contributed by atoms with Gasteiger partial charge in [-0.05, 0) is 40.5 Å². The highest BCUT2D eigenvalue weighted by Gasteiger charge is 2.39. The van der Waals surface area contributed by atoms with Crippen LogP contribution in [0.4, 0.5) is 4.79 Å². The second kappa shape index (κ2) is 10.6. The molecule has 0 aliphatic heterocycles. The Morgan fingerprint density at radius 3 is 1.96 bits per heavy atom. The zero-order valence-electron chi connectivity index (χ0n) is 15.9. The van der Waals surface area contributed by atoms with Gasteiger partial charge in [-0.1, -0.05) is 13.3 Å². The third kappa shape index (κ3) is 8.68. The number of hydrogen-bond donors (Lipinski definition) is 3. The average molecular weight is 375 g/mol. The van der Waals surface area contributed by atoms with Gasteiger partial charge in [0.05, 0.1) is 18.6 Å². The summed E-state index contributed by atoms with van der Waals surface area (Å²) in [5.41, 5.74) is -0.847. The Hall–Kier alpha value is -2.32. The lowest BCUT2D eigenvalue weighted by Gasteiger charge is -2.27. The van der Waals surface area contributed by atoms with Crippen molar-refractivity contribution in [3.05, 3.63) is 0 Å².